The summed E-state index contributed by atoms with van der Waals surface area (Å²) in [6.45, 7) is 8.84. The lowest BCUT2D eigenvalue weighted by Gasteiger charge is -2.30. The molecule has 2 rings (SSSR count). The van der Waals surface area contributed by atoms with Crippen LogP contribution in [0.2, 0.25) is 0 Å². The molecule has 3 unspecified atom stereocenters. The smallest absolute Gasteiger partial charge is 0.243 e. The van der Waals surface area contributed by atoms with Crippen LogP contribution < -0.4 is 5.32 Å². The van der Waals surface area contributed by atoms with Gasteiger partial charge in [0.15, 0.2) is 0 Å². The van der Waals surface area contributed by atoms with Crippen LogP contribution in [0.4, 0.5) is 0 Å². The number of amides is 1. The number of nitrogens with zero attached hydrogens (tertiary/aromatic N) is 1. The first-order valence-corrected chi connectivity index (χ1v) is 7.77. The molecule has 1 N–H and O–H groups in total. The normalized spacial score (nSPS) is 35.9. The Hall–Kier alpha value is -0.610. The summed E-state index contributed by atoms with van der Waals surface area (Å²) < 4.78 is 5.54. The minimum atomic E-state index is -0.366. The van der Waals surface area contributed by atoms with Crippen molar-refractivity contribution in [1.82, 2.24) is 10.2 Å². The van der Waals surface area contributed by atoms with Crippen molar-refractivity contribution in [3.63, 3.8) is 0 Å². The summed E-state index contributed by atoms with van der Waals surface area (Å²) in [5.41, 5.74) is -0.366. The second-order valence-corrected chi connectivity index (χ2v) is 6.18. The highest BCUT2D eigenvalue weighted by molar-refractivity contribution is 5.88. The summed E-state index contributed by atoms with van der Waals surface area (Å²) >= 11 is 0. The number of carbonyl (C=O) groups is 1. The second-order valence-electron chi connectivity index (χ2n) is 6.18. The van der Waals surface area contributed by atoms with Crippen molar-refractivity contribution in [2.45, 2.75) is 64.6 Å². The van der Waals surface area contributed by atoms with E-state index >= 15 is 0 Å². The fraction of sp³-hybridized carbons (Fsp3) is 0.933. The van der Waals surface area contributed by atoms with Gasteiger partial charge in [0.1, 0.15) is 0 Å². The quantitative estimate of drug-likeness (QED) is 0.830. The average molecular weight is 268 g/mol. The molecule has 4 heteroatoms. The van der Waals surface area contributed by atoms with E-state index in [1.807, 2.05) is 6.92 Å². The van der Waals surface area contributed by atoms with Crippen LogP contribution in [0.15, 0.2) is 0 Å². The van der Waals surface area contributed by atoms with Gasteiger partial charge >= 0.3 is 0 Å². The van der Waals surface area contributed by atoms with Gasteiger partial charge in [-0.15, -0.1) is 0 Å². The predicted octanol–water partition coefficient (Wildman–Crippen LogP) is 2.14. The minimum Gasteiger partial charge on any atom is -0.381 e. The van der Waals surface area contributed by atoms with Crippen LogP contribution in [0.25, 0.3) is 0 Å². The molecule has 0 radical (unpaired) electrons. The van der Waals surface area contributed by atoms with Crippen LogP contribution in [0.1, 0.15) is 52.9 Å². The molecule has 2 aliphatic rings. The number of ether oxygens (including phenoxy) is 1. The number of hydrogen-bond donors (Lipinski definition) is 1. The summed E-state index contributed by atoms with van der Waals surface area (Å²) in [4.78, 5) is 14.7. The maximum absolute atomic E-state index is 12.6. The number of hydrogen-bond acceptors (Lipinski definition) is 3. The molecule has 0 aromatic heterocycles. The molecule has 110 valence electrons. The molecule has 2 aliphatic heterocycles. The molecule has 2 saturated heterocycles. The highest BCUT2D eigenvalue weighted by Gasteiger charge is 2.46. The first kappa shape index (κ1) is 14.8. The molecule has 0 aromatic carbocycles. The topological polar surface area (TPSA) is 41.6 Å². The fourth-order valence-electron chi connectivity index (χ4n) is 3.16. The van der Waals surface area contributed by atoms with Gasteiger partial charge < -0.3 is 9.64 Å². The average Bonchev–Trinajstić information content (AvgIpc) is 2.66. The van der Waals surface area contributed by atoms with E-state index < -0.39 is 0 Å². The van der Waals surface area contributed by atoms with Crippen molar-refractivity contribution in [2.75, 3.05) is 19.8 Å². The Balaban J connectivity index is 2.04. The second kappa shape index (κ2) is 6.23. The Kier molecular flexibility index (Phi) is 4.85. The van der Waals surface area contributed by atoms with Crippen LogP contribution in [-0.4, -0.2) is 42.3 Å². The molecule has 0 spiro atoms. The lowest BCUT2D eigenvalue weighted by atomic mass is 9.98. The molecule has 0 aliphatic carbocycles. The summed E-state index contributed by atoms with van der Waals surface area (Å²) in [5.74, 6) is 0.789. The summed E-state index contributed by atoms with van der Waals surface area (Å²) in [6.07, 6.45) is 5.51. The van der Waals surface area contributed by atoms with Crippen LogP contribution in [0.3, 0.4) is 0 Å². The Morgan fingerprint density at radius 3 is 2.84 bits per heavy atom. The van der Waals surface area contributed by atoms with Crippen molar-refractivity contribution in [3.8, 4) is 0 Å². The Morgan fingerprint density at radius 2 is 2.26 bits per heavy atom. The van der Waals surface area contributed by atoms with Gasteiger partial charge in [0.2, 0.25) is 5.91 Å². The zero-order valence-corrected chi connectivity index (χ0v) is 12.6. The van der Waals surface area contributed by atoms with E-state index in [4.69, 9.17) is 4.74 Å². The third-order valence-electron chi connectivity index (χ3n) is 4.57. The molecule has 4 nitrogen and oxygen atoms in total. The predicted molar refractivity (Wildman–Crippen MR) is 75.8 cm³/mol. The van der Waals surface area contributed by atoms with Gasteiger partial charge in [-0.05, 0) is 32.6 Å². The SMILES string of the molecule is CCCC1NC(C)(CC)C(=O)N1CC1CCCOC1. The van der Waals surface area contributed by atoms with E-state index in [2.05, 4.69) is 24.1 Å². The molecule has 1 amide bonds. The molecule has 0 aromatic rings. The highest BCUT2D eigenvalue weighted by atomic mass is 16.5. The van der Waals surface area contributed by atoms with Crippen molar-refractivity contribution in [2.24, 2.45) is 5.92 Å². The van der Waals surface area contributed by atoms with Crippen molar-refractivity contribution < 1.29 is 9.53 Å². The van der Waals surface area contributed by atoms with E-state index in [-0.39, 0.29) is 17.6 Å². The van der Waals surface area contributed by atoms with E-state index in [0.29, 0.717) is 5.92 Å². The lowest BCUT2D eigenvalue weighted by molar-refractivity contribution is -0.134. The number of nitrogens with one attached hydrogen (secondary N) is 1. The number of rotatable bonds is 5. The Morgan fingerprint density at radius 1 is 1.47 bits per heavy atom. The minimum absolute atomic E-state index is 0.212. The Bertz CT molecular complexity index is 315. The van der Waals surface area contributed by atoms with Crippen LogP contribution in [0.5, 0.6) is 0 Å². The lowest BCUT2D eigenvalue weighted by Crippen LogP contribution is -2.44. The third kappa shape index (κ3) is 3.11. The molecule has 0 saturated carbocycles. The van der Waals surface area contributed by atoms with E-state index in [1.54, 1.807) is 0 Å². The van der Waals surface area contributed by atoms with Crippen molar-refractivity contribution >= 4 is 5.91 Å². The maximum atomic E-state index is 12.6. The van der Waals surface area contributed by atoms with Gasteiger partial charge in [-0.1, -0.05) is 20.3 Å². The highest BCUT2D eigenvalue weighted by Crippen LogP contribution is 2.28. The summed E-state index contributed by atoms with van der Waals surface area (Å²) in [7, 11) is 0. The fourth-order valence-corrected chi connectivity index (χ4v) is 3.16. The molecule has 2 fully saturated rings. The van der Waals surface area contributed by atoms with E-state index in [9.17, 15) is 4.79 Å². The monoisotopic (exact) mass is 268 g/mol. The van der Waals surface area contributed by atoms with Gasteiger partial charge in [-0.2, -0.15) is 0 Å². The maximum Gasteiger partial charge on any atom is 0.243 e. The largest absolute Gasteiger partial charge is 0.381 e. The van der Waals surface area contributed by atoms with E-state index in [1.165, 1.54) is 6.42 Å². The summed E-state index contributed by atoms with van der Waals surface area (Å²) in [6, 6.07) is 0. The van der Waals surface area contributed by atoms with E-state index in [0.717, 1.165) is 45.4 Å². The Labute approximate surface area is 116 Å². The summed E-state index contributed by atoms with van der Waals surface area (Å²) in [5, 5.41) is 3.54. The zero-order valence-electron chi connectivity index (χ0n) is 12.6. The van der Waals surface area contributed by atoms with Gasteiger partial charge in [0.05, 0.1) is 18.3 Å². The van der Waals surface area contributed by atoms with Gasteiger partial charge in [-0.3, -0.25) is 10.1 Å². The number of carbonyl (C=O) groups excluding carboxylic acids is 1. The van der Waals surface area contributed by atoms with Gasteiger partial charge in [-0.25, -0.2) is 0 Å². The molecule has 2 heterocycles. The molecular formula is C15H28N2O2. The van der Waals surface area contributed by atoms with Crippen LogP contribution in [-0.2, 0) is 9.53 Å². The molecule has 0 bridgehead atoms. The molecule has 19 heavy (non-hydrogen) atoms. The third-order valence-corrected chi connectivity index (χ3v) is 4.57. The van der Waals surface area contributed by atoms with Crippen LogP contribution in [0, 0.1) is 5.92 Å². The van der Waals surface area contributed by atoms with Crippen molar-refractivity contribution in [1.29, 1.82) is 0 Å². The van der Waals surface area contributed by atoms with Gasteiger partial charge in [0, 0.05) is 19.1 Å². The standard InChI is InChI=1S/C15H28N2O2/c1-4-7-13-16-15(3,5-2)14(18)17(13)10-12-8-6-9-19-11-12/h12-13,16H,4-11H2,1-3H3. The zero-order chi connectivity index (χ0) is 13.9. The van der Waals surface area contributed by atoms with Crippen molar-refractivity contribution in [3.05, 3.63) is 0 Å². The first-order chi connectivity index (χ1) is 9.10. The van der Waals surface area contributed by atoms with Crippen LogP contribution >= 0.6 is 0 Å². The molecular weight excluding hydrogens is 240 g/mol. The molecule has 3 atom stereocenters. The van der Waals surface area contributed by atoms with Gasteiger partial charge in [0.25, 0.3) is 0 Å². The first-order valence-electron chi connectivity index (χ1n) is 7.77.